The lowest BCUT2D eigenvalue weighted by Crippen LogP contribution is -2.47. The van der Waals surface area contributed by atoms with E-state index >= 15 is 0 Å². The number of hydrogen-bond acceptors (Lipinski definition) is 3. The fraction of sp³-hybridized carbons (Fsp3) is 0.417. The van der Waals surface area contributed by atoms with Crippen LogP contribution in [0.2, 0.25) is 10.0 Å². The van der Waals surface area contributed by atoms with Crippen LogP contribution >= 0.6 is 35.0 Å². The van der Waals surface area contributed by atoms with Gasteiger partial charge in [0.1, 0.15) is 6.04 Å². The Morgan fingerprint density at radius 1 is 1.06 bits per heavy atom. The van der Waals surface area contributed by atoms with Crippen LogP contribution in [0.1, 0.15) is 44.2 Å². The SMILES string of the molecule is CCCCNC(=O)C(C)N(Cc1ccc(Cl)c(Cl)c1)C(=O)CCSCc1ccccc1. The number of nitrogens with zero attached hydrogens (tertiary/aromatic N) is 1. The molecule has 0 aromatic heterocycles. The average Bonchev–Trinajstić information content (AvgIpc) is 2.77. The number of thioether (sulfide) groups is 1. The molecule has 0 aliphatic heterocycles. The Morgan fingerprint density at radius 3 is 2.48 bits per heavy atom. The summed E-state index contributed by atoms with van der Waals surface area (Å²) in [6, 6.07) is 14.9. The summed E-state index contributed by atoms with van der Waals surface area (Å²) in [6.45, 7) is 4.76. The standard InChI is InChI=1S/C24H30Cl2N2O2S/c1-3-4-13-27-24(30)18(2)28(16-20-10-11-21(25)22(26)15-20)23(29)12-14-31-17-19-8-6-5-7-9-19/h5-11,15,18H,3-4,12-14,16-17H2,1-2H3,(H,27,30). The number of carbonyl (C=O) groups is 2. The van der Waals surface area contributed by atoms with Crippen molar-refractivity contribution in [2.24, 2.45) is 0 Å². The third kappa shape index (κ3) is 8.76. The van der Waals surface area contributed by atoms with Gasteiger partial charge < -0.3 is 10.2 Å². The van der Waals surface area contributed by atoms with Crippen LogP contribution in [-0.2, 0) is 21.9 Å². The van der Waals surface area contributed by atoms with Crippen molar-refractivity contribution in [3.8, 4) is 0 Å². The average molecular weight is 481 g/mol. The van der Waals surface area contributed by atoms with Gasteiger partial charge in [0.25, 0.3) is 0 Å². The van der Waals surface area contributed by atoms with Gasteiger partial charge in [-0.15, -0.1) is 0 Å². The van der Waals surface area contributed by atoms with E-state index in [1.165, 1.54) is 5.56 Å². The molecule has 2 aromatic carbocycles. The maximum absolute atomic E-state index is 13.1. The highest BCUT2D eigenvalue weighted by atomic mass is 35.5. The van der Waals surface area contributed by atoms with Crippen molar-refractivity contribution in [2.75, 3.05) is 12.3 Å². The first-order valence-corrected chi connectivity index (χ1v) is 12.5. The van der Waals surface area contributed by atoms with Gasteiger partial charge in [-0.25, -0.2) is 0 Å². The Morgan fingerprint density at radius 2 is 1.81 bits per heavy atom. The van der Waals surface area contributed by atoms with Gasteiger partial charge in [0.05, 0.1) is 10.0 Å². The predicted octanol–water partition coefficient (Wildman–Crippen LogP) is 5.95. The Balaban J connectivity index is 2.01. The quantitative estimate of drug-likeness (QED) is 0.381. The van der Waals surface area contributed by atoms with Crippen LogP contribution in [-0.4, -0.2) is 35.1 Å². The number of halogens is 2. The Kier molecular flexibility index (Phi) is 11.3. The molecule has 0 saturated heterocycles. The summed E-state index contributed by atoms with van der Waals surface area (Å²) in [4.78, 5) is 27.3. The summed E-state index contributed by atoms with van der Waals surface area (Å²) < 4.78 is 0. The van der Waals surface area contributed by atoms with Crippen LogP contribution in [0, 0.1) is 0 Å². The molecule has 0 aliphatic carbocycles. The van der Waals surface area contributed by atoms with Gasteiger partial charge in [-0.3, -0.25) is 9.59 Å². The fourth-order valence-electron chi connectivity index (χ4n) is 3.02. The molecular formula is C24H30Cl2N2O2S. The third-order valence-electron chi connectivity index (χ3n) is 4.91. The summed E-state index contributed by atoms with van der Waals surface area (Å²) in [5.41, 5.74) is 2.07. The topological polar surface area (TPSA) is 49.4 Å². The molecule has 2 amide bonds. The van der Waals surface area contributed by atoms with E-state index in [1.807, 2.05) is 24.3 Å². The van der Waals surface area contributed by atoms with Gasteiger partial charge in [0.2, 0.25) is 11.8 Å². The second kappa shape index (κ2) is 13.7. The van der Waals surface area contributed by atoms with E-state index in [-0.39, 0.29) is 11.8 Å². The number of amides is 2. The number of rotatable bonds is 12. The zero-order valence-corrected chi connectivity index (χ0v) is 20.4. The number of benzene rings is 2. The molecule has 7 heteroatoms. The second-order valence-corrected chi connectivity index (χ2v) is 9.30. The normalized spacial score (nSPS) is 11.7. The molecule has 4 nitrogen and oxygen atoms in total. The molecule has 1 unspecified atom stereocenters. The summed E-state index contributed by atoms with van der Waals surface area (Å²) in [7, 11) is 0. The van der Waals surface area contributed by atoms with Crippen LogP contribution in [0.4, 0.5) is 0 Å². The monoisotopic (exact) mass is 480 g/mol. The van der Waals surface area contributed by atoms with Crippen molar-refractivity contribution >= 4 is 46.8 Å². The van der Waals surface area contributed by atoms with Crippen molar-refractivity contribution in [1.29, 1.82) is 0 Å². The van der Waals surface area contributed by atoms with Gasteiger partial charge >= 0.3 is 0 Å². The molecule has 0 aliphatic rings. The molecule has 0 heterocycles. The molecule has 0 spiro atoms. The highest BCUT2D eigenvalue weighted by Gasteiger charge is 2.25. The van der Waals surface area contributed by atoms with E-state index in [0.717, 1.165) is 24.2 Å². The first-order chi connectivity index (χ1) is 14.9. The summed E-state index contributed by atoms with van der Waals surface area (Å²) in [5.74, 6) is 1.35. The zero-order chi connectivity index (χ0) is 22.6. The molecule has 2 aromatic rings. The smallest absolute Gasteiger partial charge is 0.242 e. The summed E-state index contributed by atoms with van der Waals surface area (Å²) in [6.07, 6.45) is 2.28. The largest absolute Gasteiger partial charge is 0.354 e. The summed E-state index contributed by atoms with van der Waals surface area (Å²) in [5, 5.41) is 3.83. The molecule has 1 atom stereocenters. The van der Waals surface area contributed by atoms with E-state index in [2.05, 4.69) is 24.4 Å². The first-order valence-electron chi connectivity index (χ1n) is 10.5. The molecule has 0 saturated carbocycles. The Labute approximate surface area is 199 Å². The van der Waals surface area contributed by atoms with E-state index in [0.29, 0.717) is 35.3 Å². The van der Waals surface area contributed by atoms with Crippen LogP contribution in [0.3, 0.4) is 0 Å². The van der Waals surface area contributed by atoms with Crippen LogP contribution in [0.5, 0.6) is 0 Å². The lowest BCUT2D eigenvalue weighted by molar-refractivity contribution is -0.140. The molecule has 0 radical (unpaired) electrons. The first kappa shape index (κ1) is 25.6. The number of hydrogen-bond donors (Lipinski definition) is 1. The molecule has 168 valence electrons. The number of carbonyl (C=O) groups excluding carboxylic acids is 2. The van der Waals surface area contributed by atoms with Crippen LogP contribution in [0.25, 0.3) is 0 Å². The summed E-state index contributed by atoms with van der Waals surface area (Å²) >= 11 is 13.9. The third-order valence-corrected chi connectivity index (χ3v) is 6.67. The molecule has 0 fully saturated rings. The predicted molar refractivity (Wildman–Crippen MR) is 132 cm³/mol. The minimum absolute atomic E-state index is 0.0511. The van der Waals surface area contributed by atoms with Gasteiger partial charge in [0, 0.05) is 31.0 Å². The van der Waals surface area contributed by atoms with Crippen molar-refractivity contribution in [3.63, 3.8) is 0 Å². The molecular weight excluding hydrogens is 451 g/mol. The molecule has 1 N–H and O–H groups in total. The lowest BCUT2D eigenvalue weighted by atomic mass is 10.1. The number of nitrogens with one attached hydrogen (secondary N) is 1. The van der Waals surface area contributed by atoms with E-state index in [9.17, 15) is 9.59 Å². The minimum Gasteiger partial charge on any atom is -0.354 e. The van der Waals surface area contributed by atoms with Crippen LogP contribution < -0.4 is 5.32 Å². The maximum atomic E-state index is 13.1. The zero-order valence-electron chi connectivity index (χ0n) is 18.1. The fourth-order valence-corrected chi connectivity index (χ4v) is 4.23. The molecule has 31 heavy (non-hydrogen) atoms. The highest BCUT2D eigenvalue weighted by Crippen LogP contribution is 2.24. The molecule has 2 rings (SSSR count). The van der Waals surface area contributed by atoms with Crippen molar-refractivity contribution in [2.45, 2.75) is 51.4 Å². The Hall–Kier alpha value is -1.69. The minimum atomic E-state index is -0.571. The lowest BCUT2D eigenvalue weighted by Gasteiger charge is -2.29. The number of unbranched alkanes of at least 4 members (excludes halogenated alkanes) is 1. The van der Waals surface area contributed by atoms with E-state index in [1.54, 1.807) is 35.7 Å². The Bertz CT molecular complexity index is 849. The van der Waals surface area contributed by atoms with Gasteiger partial charge in [-0.1, -0.05) is 72.9 Å². The van der Waals surface area contributed by atoms with Crippen molar-refractivity contribution in [1.82, 2.24) is 10.2 Å². The van der Waals surface area contributed by atoms with Gasteiger partial charge in [0.15, 0.2) is 0 Å². The van der Waals surface area contributed by atoms with Crippen molar-refractivity contribution < 1.29 is 9.59 Å². The van der Waals surface area contributed by atoms with Crippen molar-refractivity contribution in [3.05, 3.63) is 69.7 Å². The van der Waals surface area contributed by atoms with Crippen LogP contribution in [0.15, 0.2) is 48.5 Å². The van der Waals surface area contributed by atoms with E-state index < -0.39 is 6.04 Å². The van der Waals surface area contributed by atoms with Gasteiger partial charge in [-0.2, -0.15) is 11.8 Å². The van der Waals surface area contributed by atoms with Gasteiger partial charge in [-0.05, 0) is 36.6 Å². The maximum Gasteiger partial charge on any atom is 0.242 e. The second-order valence-electron chi connectivity index (χ2n) is 7.38. The van der Waals surface area contributed by atoms with E-state index in [4.69, 9.17) is 23.2 Å². The molecule has 0 bridgehead atoms. The highest BCUT2D eigenvalue weighted by molar-refractivity contribution is 7.98.